The van der Waals surface area contributed by atoms with Crippen LogP contribution in [0.15, 0.2) is 36.5 Å². The summed E-state index contributed by atoms with van der Waals surface area (Å²) in [5, 5.41) is 6.24. The van der Waals surface area contributed by atoms with Crippen LogP contribution in [0.2, 0.25) is 0 Å². The Bertz CT molecular complexity index is 758. The molecule has 0 unspecified atom stereocenters. The summed E-state index contributed by atoms with van der Waals surface area (Å²) in [7, 11) is 2.05. The molecule has 24 heavy (non-hydrogen) atoms. The molecule has 126 valence electrons. The maximum atomic E-state index is 12.0. The SMILES string of the molecule is C[C@H](CNC(=O)C(=O)Nc1ccc2ncccc2c1)N(C)C1CC1. The van der Waals surface area contributed by atoms with E-state index in [-0.39, 0.29) is 6.04 Å². The van der Waals surface area contributed by atoms with Gasteiger partial charge in [0.05, 0.1) is 5.52 Å². The molecule has 6 heteroatoms. The van der Waals surface area contributed by atoms with Gasteiger partial charge in [-0.1, -0.05) is 6.07 Å². The first-order valence-electron chi connectivity index (χ1n) is 8.20. The van der Waals surface area contributed by atoms with Gasteiger partial charge in [0.25, 0.3) is 0 Å². The maximum absolute atomic E-state index is 12.0. The number of nitrogens with one attached hydrogen (secondary N) is 2. The van der Waals surface area contributed by atoms with E-state index in [1.165, 1.54) is 12.8 Å². The second-order valence-electron chi connectivity index (χ2n) is 6.32. The van der Waals surface area contributed by atoms with Gasteiger partial charge >= 0.3 is 11.8 Å². The zero-order valence-corrected chi connectivity index (χ0v) is 14.0. The molecule has 1 aromatic heterocycles. The molecule has 2 aromatic rings. The van der Waals surface area contributed by atoms with Crippen LogP contribution in [0.1, 0.15) is 19.8 Å². The van der Waals surface area contributed by atoms with Crippen molar-refractivity contribution in [1.82, 2.24) is 15.2 Å². The molecule has 1 saturated carbocycles. The van der Waals surface area contributed by atoms with Crippen LogP contribution in [-0.2, 0) is 9.59 Å². The highest BCUT2D eigenvalue weighted by Crippen LogP contribution is 2.26. The third kappa shape index (κ3) is 3.89. The molecule has 0 spiro atoms. The number of likely N-dealkylation sites (N-methyl/N-ethyl adjacent to an activating group) is 1. The minimum absolute atomic E-state index is 0.209. The van der Waals surface area contributed by atoms with E-state index in [9.17, 15) is 9.59 Å². The lowest BCUT2D eigenvalue weighted by atomic mass is 10.2. The molecule has 1 atom stereocenters. The van der Waals surface area contributed by atoms with Crippen LogP contribution in [0.5, 0.6) is 0 Å². The van der Waals surface area contributed by atoms with Gasteiger partial charge in [-0.25, -0.2) is 0 Å². The molecule has 1 aromatic carbocycles. The number of carbonyl (C=O) groups excluding carboxylic acids is 2. The van der Waals surface area contributed by atoms with Crippen molar-refractivity contribution in [2.75, 3.05) is 18.9 Å². The lowest BCUT2D eigenvalue weighted by molar-refractivity contribution is -0.136. The van der Waals surface area contributed by atoms with Crippen LogP contribution < -0.4 is 10.6 Å². The molecule has 6 nitrogen and oxygen atoms in total. The molecular formula is C18H22N4O2. The van der Waals surface area contributed by atoms with Crippen LogP contribution in [0.3, 0.4) is 0 Å². The van der Waals surface area contributed by atoms with Gasteiger partial charge in [-0.3, -0.25) is 19.5 Å². The average molecular weight is 326 g/mol. The average Bonchev–Trinajstić information content (AvgIpc) is 3.43. The van der Waals surface area contributed by atoms with E-state index in [2.05, 4.69) is 27.6 Å². The fourth-order valence-electron chi connectivity index (χ4n) is 2.65. The first kappa shape index (κ1) is 16.4. The van der Waals surface area contributed by atoms with Gasteiger partial charge in [0.1, 0.15) is 0 Å². The van der Waals surface area contributed by atoms with Gasteiger partial charge in [-0.2, -0.15) is 0 Å². The third-order valence-corrected chi connectivity index (χ3v) is 4.44. The molecule has 2 amide bonds. The summed E-state index contributed by atoms with van der Waals surface area (Å²) in [5.74, 6) is -1.27. The standard InChI is InChI=1S/C18H22N4O2/c1-12(22(2)15-6-7-15)11-20-17(23)18(24)21-14-5-8-16-13(10-14)4-3-9-19-16/h3-5,8-10,12,15H,6-7,11H2,1-2H3,(H,20,23)(H,21,24)/t12-/m1/s1. The van der Waals surface area contributed by atoms with Crippen LogP contribution >= 0.6 is 0 Å². The largest absolute Gasteiger partial charge is 0.346 e. The molecule has 1 heterocycles. The molecule has 0 bridgehead atoms. The monoisotopic (exact) mass is 326 g/mol. The third-order valence-electron chi connectivity index (χ3n) is 4.44. The normalized spacial score (nSPS) is 15.3. The second-order valence-corrected chi connectivity index (χ2v) is 6.32. The number of fused-ring (bicyclic) bond motifs is 1. The number of anilines is 1. The van der Waals surface area contributed by atoms with E-state index in [4.69, 9.17) is 0 Å². The lowest BCUT2D eigenvalue weighted by Crippen LogP contribution is -2.44. The van der Waals surface area contributed by atoms with E-state index in [0.29, 0.717) is 18.3 Å². The number of rotatable bonds is 5. The summed E-state index contributed by atoms with van der Waals surface area (Å²) in [6.45, 7) is 2.51. The van der Waals surface area contributed by atoms with Gasteiger partial charge in [0.15, 0.2) is 0 Å². The van der Waals surface area contributed by atoms with Crippen LogP contribution in [-0.4, -0.2) is 47.4 Å². The van der Waals surface area contributed by atoms with Crippen molar-refractivity contribution >= 4 is 28.4 Å². The summed E-state index contributed by atoms with van der Waals surface area (Å²) in [5.41, 5.74) is 1.43. The molecule has 1 aliphatic carbocycles. The van der Waals surface area contributed by atoms with Crippen molar-refractivity contribution < 1.29 is 9.59 Å². The molecule has 3 rings (SSSR count). The molecule has 0 radical (unpaired) electrons. The van der Waals surface area contributed by atoms with Gasteiger partial charge in [0, 0.05) is 35.9 Å². The molecule has 1 aliphatic rings. The minimum Gasteiger partial charge on any atom is -0.346 e. The predicted octanol–water partition coefficient (Wildman–Crippen LogP) is 1.77. The fraction of sp³-hybridized carbons (Fsp3) is 0.389. The number of pyridine rings is 1. The quantitative estimate of drug-likeness (QED) is 0.821. The first-order chi connectivity index (χ1) is 11.5. The smallest absolute Gasteiger partial charge is 0.313 e. The Balaban J connectivity index is 1.54. The Kier molecular flexibility index (Phi) is 4.76. The summed E-state index contributed by atoms with van der Waals surface area (Å²) in [4.78, 5) is 30.5. The Morgan fingerprint density at radius 3 is 2.83 bits per heavy atom. The number of hydrogen-bond acceptors (Lipinski definition) is 4. The maximum Gasteiger partial charge on any atom is 0.313 e. The highest BCUT2D eigenvalue weighted by molar-refractivity contribution is 6.39. The highest BCUT2D eigenvalue weighted by Gasteiger charge is 2.29. The van der Waals surface area contributed by atoms with Crippen molar-refractivity contribution in [1.29, 1.82) is 0 Å². The van der Waals surface area contributed by atoms with Crippen LogP contribution in [0.25, 0.3) is 10.9 Å². The van der Waals surface area contributed by atoms with E-state index >= 15 is 0 Å². The van der Waals surface area contributed by atoms with E-state index in [1.54, 1.807) is 18.3 Å². The fourth-order valence-corrected chi connectivity index (χ4v) is 2.65. The van der Waals surface area contributed by atoms with Crippen molar-refractivity contribution in [2.24, 2.45) is 0 Å². The van der Waals surface area contributed by atoms with Crippen molar-refractivity contribution in [3.8, 4) is 0 Å². The number of amides is 2. The molecule has 2 N–H and O–H groups in total. The Hall–Kier alpha value is -2.47. The predicted molar refractivity (Wildman–Crippen MR) is 93.6 cm³/mol. The lowest BCUT2D eigenvalue weighted by Gasteiger charge is -2.24. The Morgan fingerprint density at radius 2 is 2.08 bits per heavy atom. The summed E-state index contributed by atoms with van der Waals surface area (Å²) < 4.78 is 0. The topological polar surface area (TPSA) is 74.3 Å². The van der Waals surface area contributed by atoms with Gasteiger partial charge in [-0.15, -0.1) is 0 Å². The summed E-state index contributed by atoms with van der Waals surface area (Å²) in [6, 6.07) is 9.93. The number of benzene rings is 1. The zero-order chi connectivity index (χ0) is 17.1. The number of aromatic nitrogens is 1. The molecule has 1 fully saturated rings. The van der Waals surface area contributed by atoms with E-state index in [1.807, 2.05) is 25.1 Å². The van der Waals surface area contributed by atoms with E-state index in [0.717, 1.165) is 10.9 Å². The molecule has 0 saturated heterocycles. The molecular weight excluding hydrogens is 304 g/mol. The van der Waals surface area contributed by atoms with Crippen molar-refractivity contribution in [3.05, 3.63) is 36.5 Å². The van der Waals surface area contributed by atoms with Gasteiger partial charge in [-0.05, 0) is 51.1 Å². The Morgan fingerprint density at radius 1 is 1.29 bits per heavy atom. The van der Waals surface area contributed by atoms with E-state index < -0.39 is 11.8 Å². The van der Waals surface area contributed by atoms with Gasteiger partial charge < -0.3 is 10.6 Å². The van der Waals surface area contributed by atoms with Crippen LogP contribution in [0.4, 0.5) is 5.69 Å². The number of nitrogens with zero attached hydrogens (tertiary/aromatic N) is 2. The second kappa shape index (κ2) is 6.97. The van der Waals surface area contributed by atoms with Crippen molar-refractivity contribution in [2.45, 2.75) is 31.8 Å². The van der Waals surface area contributed by atoms with Crippen LogP contribution in [0, 0.1) is 0 Å². The Labute approximate surface area is 141 Å². The summed E-state index contributed by atoms with van der Waals surface area (Å²) in [6.07, 6.45) is 4.14. The van der Waals surface area contributed by atoms with Crippen molar-refractivity contribution in [3.63, 3.8) is 0 Å². The zero-order valence-electron chi connectivity index (χ0n) is 14.0. The molecule has 0 aliphatic heterocycles. The number of hydrogen-bond donors (Lipinski definition) is 2. The first-order valence-corrected chi connectivity index (χ1v) is 8.20. The highest BCUT2D eigenvalue weighted by atomic mass is 16.2. The number of carbonyl (C=O) groups is 2. The summed E-state index contributed by atoms with van der Waals surface area (Å²) >= 11 is 0. The van der Waals surface area contributed by atoms with Gasteiger partial charge in [0.2, 0.25) is 0 Å². The minimum atomic E-state index is -0.653.